The molecule has 17 heavy (non-hydrogen) atoms. The number of nitriles is 1. The Balaban J connectivity index is 2.90. The normalized spacial score (nSPS) is 12.7. The fourth-order valence-electron chi connectivity index (χ4n) is 1.30. The number of nitrogens with zero attached hydrogens (tertiary/aromatic N) is 1. The minimum absolute atomic E-state index is 0.0654. The van der Waals surface area contributed by atoms with Gasteiger partial charge in [-0.25, -0.2) is 8.42 Å². The Morgan fingerprint density at radius 2 is 1.94 bits per heavy atom. The molecule has 0 aliphatic heterocycles. The molecule has 6 heteroatoms. The van der Waals surface area contributed by atoms with Crippen molar-refractivity contribution in [1.82, 2.24) is 0 Å². The topological polar surface area (TPSA) is 95.2 Å². The van der Waals surface area contributed by atoms with Crippen LogP contribution in [-0.4, -0.2) is 25.7 Å². The molecule has 1 aromatic carbocycles. The van der Waals surface area contributed by atoms with Gasteiger partial charge in [-0.3, -0.25) is 4.79 Å². The van der Waals surface area contributed by atoms with Crippen molar-refractivity contribution in [2.75, 3.05) is 6.26 Å². The number of sulfone groups is 1. The number of carboxylic acid groups (broad SMARTS) is 1. The van der Waals surface area contributed by atoms with E-state index < -0.39 is 21.7 Å². The summed E-state index contributed by atoms with van der Waals surface area (Å²) in [5.74, 6) is -2.29. The SMILES string of the molecule is CS(=O)(=O)c1ccc(CC(C#N)C(=O)O)cc1. The number of hydrogen-bond donors (Lipinski definition) is 1. The van der Waals surface area contributed by atoms with E-state index in [0.717, 1.165) is 6.26 Å². The lowest BCUT2D eigenvalue weighted by Crippen LogP contribution is -2.14. The average molecular weight is 253 g/mol. The number of aliphatic carboxylic acids is 1. The van der Waals surface area contributed by atoms with Crippen LogP contribution < -0.4 is 0 Å². The first-order valence-electron chi connectivity index (χ1n) is 4.76. The van der Waals surface area contributed by atoms with Crippen LogP contribution in [0.5, 0.6) is 0 Å². The number of hydrogen-bond acceptors (Lipinski definition) is 4. The number of rotatable bonds is 4. The van der Waals surface area contributed by atoms with E-state index in [1.807, 2.05) is 0 Å². The molecule has 0 amide bonds. The minimum atomic E-state index is -3.25. The molecule has 0 heterocycles. The summed E-state index contributed by atoms with van der Waals surface area (Å²) >= 11 is 0. The van der Waals surface area contributed by atoms with Crippen molar-refractivity contribution in [2.45, 2.75) is 11.3 Å². The molecule has 0 aliphatic carbocycles. The van der Waals surface area contributed by atoms with Crippen LogP contribution in [0.4, 0.5) is 0 Å². The standard InChI is InChI=1S/C11H11NO4S/c1-17(15,16)10-4-2-8(3-5-10)6-9(7-12)11(13)14/h2-5,9H,6H2,1H3,(H,13,14). The summed E-state index contributed by atoms with van der Waals surface area (Å²) in [6.45, 7) is 0. The molecule has 0 fully saturated rings. The lowest BCUT2D eigenvalue weighted by atomic mass is 10.0. The Kier molecular flexibility index (Phi) is 3.86. The van der Waals surface area contributed by atoms with Crippen molar-refractivity contribution in [2.24, 2.45) is 5.92 Å². The molecular formula is C11H11NO4S. The van der Waals surface area contributed by atoms with Crippen molar-refractivity contribution >= 4 is 15.8 Å². The summed E-state index contributed by atoms with van der Waals surface area (Å²) in [6, 6.07) is 7.52. The third kappa shape index (κ3) is 3.57. The molecule has 1 unspecified atom stereocenters. The van der Waals surface area contributed by atoms with Crippen LogP contribution in [0.25, 0.3) is 0 Å². The van der Waals surface area contributed by atoms with Crippen molar-refractivity contribution in [1.29, 1.82) is 5.26 Å². The van der Waals surface area contributed by atoms with Gasteiger partial charge in [0, 0.05) is 6.26 Å². The largest absolute Gasteiger partial charge is 0.480 e. The highest BCUT2D eigenvalue weighted by molar-refractivity contribution is 7.90. The van der Waals surface area contributed by atoms with E-state index in [0.29, 0.717) is 5.56 Å². The van der Waals surface area contributed by atoms with Crippen LogP contribution in [0, 0.1) is 17.2 Å². The van der Waals surface area contributed by atoms with E-state index in [-0.39, 0.29) is 11.3 Å². The smallest absolute Gasteiger partial charge is 0.321 e. The monoisotopic (exact) mass is 253 g/mol. The Morgan fingerprint density at radius 1 is 1.41 bits per heavy atom. The van der Waals surface area contributed by atoms with Crippen LogP contribution >= 0.6 is 0 Å². The second-order valence-corrected chi connectivity index (χ2v) is 5.66. The Hall–Kier alpha value is -1.87. The van der Waals surface area contributed by atoms with Gasteiger partial charge < -0.3 is 5.11 Å². The first-order valence-corrected chi connectivity index (χ1v) is 6.65. The van der Waals surface area contributed by atoms with Gasteiger partial charge in [0.1, 0.15) is 5.92 Å². The lowest BCUT2D eigenvalue weighted by Gasteiger charge is -2.04. The fourth-order valence-corrected chi connectivity index (χ4v) is 1.93. The van der Waals surface area contributed by atoms with E-state index >= 15 is 0 Å². The maximum Gasteiger partial charge on any atom is 0.321 e. The van der Waals surface area contributed by atoms with Crippen molar-refractivity contribution < 1.29 is 18.3 Å². The highest BCUT2D eigenvalue weighted by Crippen LogP contribution is 2.13. The molecule has 0 spiro atoms. The summed E-state index contributed by atoms with van der Waals surface area (Å²) in [5.41, 5.74) is 0.617. The summed E-state index contributed by atoms with van der Waals surface area (Å²) in [6.07, 6.45) is 1.16. The maximum absolute atomic E-state index is 11.2. The van der Waals surface area contributed by atoms with Crippen molar-refractivity contribution in [3.8, 4) is 6.07 Å². The zero-order valence-corrected chi connectivity index (χ0v) is 9.94. The van der Waals surface area contributed by atoms with Gasteiger partial charge in [0.15, 0.2) is 9.84 Å². The van der Waals surface area contributed by atoms with Gasteiger partial charge in [0.2, 0.25) is 0 Å². The molecule has 0 aliphatic rings. The first kappa shape index (κ1) is 13.2. The molecule has 90 valence electrons. The number of carbonyl (C=O) groups is 1. The Labute approximate surface area is 99.2 Å². The van der Waals surface area contributed by atoms with E-state index in [1.165, 1.54) is 24.3 Å². The second-order valence-electron chi connectivity index (χ2n) is 3.64. The van der Waals surface area contributed by atoms with Crippen LogP contribution in [0.15, 0.2) is 29.2 Å². The quantitative estimate of drug-likeness (QED) is 0.858. The number of benzene rings is 1. The van der Waals surface area contributed by atoms with Crippen LogP contribution in [-0.2, 0) is 21.1 Å². The van der Waals surface area contributed by atoms with Crippen LogP contribution in [0.1, 0.15) is 5.56 Å². The molecule has 0 radical (unpaired) electrons. The van der Waals surface area contributed by atoms with Crippen LogP contribution in [0.3, 0.4) is 0 Å². The fraction of sp³-hybridized carbons (Fsp3) is 0.273. The number of carboxylic acids is 1. The van der Waals surface area contributed by atoms with Gasteiger partial charge in [-0.2, -0.15) is 5.26 Å². The third-order valence-electron chi connectivity index (χ3n) is 2.25. The molecular weight excluding hydrogens is 242 g/mol. The molecule has 0 saturated heterocycles. The molecule has 0 bridgehead atoms. The molecule has 0 saturated carbocycles. The predicted octanol–water partition coefficient (Wildman–Crippen LogP) is 0.857. The van der Waals surface area contributed by atoms with Crippen LogP contribution in [0.2, 0.25) is 0 Å². The molecule has 1 aromatic rings. The molecule has 1 atom stereocenters. The van der Waals surface area contributed by atoms with Gasteiger partial charge in [0.05, 0.1) is 11.0 Å². The lowest BCUT2D eigenvalue weighted by molar-refractivity contribution is -0.139. The highest BCUT2D eigenvalue weighted by atomic mass is 32.2. The van der Waals surface area contributed by atoms with E-state index in [9.17, 15) is 13.2 Å². The van der Waals surface area contributed by atoms with Gasteiger partial charge in [-0.05, 0) is 24.1 Å². The Morgan fingerprint density at radius 3 is 2.29 bits per heavy atom. The Bertz CT molecular complexity index is 554. The summed E-state index contributed by atoms with van der Waals surface area (Å²) < 4.78 is 22.4. The molecule has 5 nitrogen and oxygen atoms in total. The zero-order valence-electron chi connectivity index (χ0n) is 9.12. The van der Waals surface area contributed by atoms with Gasteiger partial charge in [-0.1, -0.05) is 12.1 Å². The molecule has 1 rings (SSSR count). The zero-order chi connectivity index (χ0) is 13.1. The van der Waals surface area contributed by atoms with Crippen molar-refractivity contribution in [3.63, 3.8) is 0 Å². The van der Waals surface area contributed by atoms with E-state index in [4.69, 9.17) is 10.4 Å². The predicted molar refractivity (Wildman–Crippen MR) is 60.0 cm³/mol. The summed E-state index contributed by atoms with van der Waals surface area (Å²) in [7, 11) is -3.25. The van der Waals surface area contributed by atoms with E-state index in [2.05, 4.69) is 0 Å². The summed E-state index contributed by atoms with van der Waals surface area (Å²) in [5, 5.41) is 17.3. The van der Waals surface area contributed by atoms with Crippen molar-refractivity contribution in [3.05, 3.63) is 29.8 Å². The van der Waals surface area contributed by atoms with Gasteiger partial charge in [0.25, 0.3) is 0 Å². The maximum atomic E-state index is 11.2. The first-order chi connectivity index (χ1) is 7.84. The molecule has 0 aromatic heterocycles. The van der Waals surface area contributed by atoms with E-state index in [1.54, 1.807) is 6.07 Å². The minimum Gasteiger partial charge on any atom is -0.480 e. The third-order valence-corrected chi connectivity index (χ3v) is 3.37. The van der Waals surface area contributed by atoms with Gasteiger partial charge >= 0.3 is 5.97 Å². The second kappa shape index (κ2) is 4.97. The summed E-state index contributed by atoms with van der Waals surface area (Å²) in [4.78, 5) is 10.8. The highest BCUT2D eigenvalue weighted by Gasteiger charge is 2.17. The van der Waals surface area contributed by atoms with Gasteiger partial charge in [-0.15, -0.1) is 0 Å². The average Bonchev–Trinajstić information content (AvgIpc) is 2.25. The molecule has 1 N–H and O–H groups in total.